The van der Waals surface area contributed by atoms with Crippen LogP contribution in [0.25, 0.3) is 11.3 Å². The Morgan fingerprint density at radius 2 is 1.88 bits per heavy atom. The van der Waals surface area contributed by atoms with Crippen molar-refractivity contribution in [1.82, 2.24) is 20.0 Å². The summed E-state index contributed by atoms with van der Waals surface area (Å²) >= 11 is 6.95. The van der Waals surface area contributed by atoms with Gasteiger partial charge in [-0.3, -0.25) is 0 Å². The summed E-state index contributed by atoms with van der Waals surface area (Å²) in [5.41, 5.74) is -1.06. The molecule has 9 nitrogen and oxygen atoms in total. The van der Waals surface area contributed by atoms with E-state index in [0.29, 0.717) is 5.03 Å². The molecule has 1 aliphatic rings. The molecule has 3 N–H and O–H groups in total. The molecule has 0 aliphatic carbocycles. The highest BCUT2D eigenvalue weighted by atomic mass is 35.5. The number of aliphatic hydroxyl groups is 3. The highest BCUT2D eigenvalue weighted by molar-refractivity contribution is 7.99. The van der Waals surface area contributed by atoms with Crippen LogP contribution < -0.4 is 0 Å². The van der Waals surface area contributed by atoms with Gasteiger partial charge in [-0.25, -0.2) is 22.8 Å². The molecule has 2 unspecified atom stereocenters. The lowest BCUT2D eigenvalue weighted by Gasteiger charge is -2.41. The predicted octanol–water partition coefficient (Wildman–Crippen LogP) is 2.05. The fourth-order valence-electron chi connectivity index (χ4n) is 3.41. The molecule has 0 spiro atoms. The number of aromatic nitrogens is 4. The number of rotatable bonds is 5. The summed E-state index contributed by atoms with van der Waals surface area (Å²) in [6.07, 6.45) is -1.53. The summed E-state index contributed by atoms with van der Waals surface area (Å²) in [4.78, 5) is 4.08. The summed E-state index contributed by atoms with van der Waals surface area (Å²) in [5.74, 6) is -4.46. The van der Waals surface area contributed by atoms with Crippen molar-refractivity contribution in [2.75, 3.05) is 6.61 Å². The Bertz CT molecular complexity index is 1240. The van der Waals surface area contributed by atoms with Crippen molar-refractivity contribution in [3.05, 3.63) is 58.6 Å². The summed E-state index contributed by atoms with van der Waals surface area (Å²) in [6.45, 7) is -0.598. The second-order valence-electron chi connectivity index (χ2n) is 7.27. The number of nitriles is 1. The lowest BCUT2D eigenvalue weighted by atomic mass is 9.97. The number of aliphatic hydroxyl groups excluding tert-OH is 3. The van der Waals surface area contributed by atoms with Crippen LogP contribution in [-0.4, -0.2) is 65.7 Å². The Hall–Kier alpha value is -2.73. The largest absolute Gasteiger partial charge is 0.394 e. The first kappa shape index (κ1) is 24.4. The second kappa shape index (κ2) is 9.87. The maximum Gasteiger partial charge on any atom is 0.194 e. The van der Waals surface area contributed by atoms with Crippen LogP contribution in [0.4, 0.5) is 13.2 Å². The minimum Gasteiger partial charge on any atom is -0.394 e. The summed E-state index contributed by atoms with van der Waals surface area (Å²) < 4.78 is 47.2. The summed E-state index contributed by atoms with van der Waals surface area (Å²) in [7, 11) is 0. The summed E-state index contributed by atoms with van der Waals surface area (Å²) in [6, 6.07) is 3.56. The number of hydrogen-bond donors (Lipinski definition) is 3. The zero-order chi connectivity index (χ0) is 24.6. The van der Waals surface area contributed by atoms with Crippen molar-refractivity contribution in [1.29, 1.82) is 5.26 Å². The quantitative estimate of drug-likeness (QED) is 0.438. The lowest BCUT2D eigenvalue weighted by molar-refractivity contribution is -0.178. The molecule has 1 aliphatic heterocycles. The van der Waals surface area contributed by atoms with Crippen molar-refractivity contribution in [3.8, 4) is 17.3 Å². The third kappa shape index (κ3) is 4.61. The van der Waals surface area contributed by atoms with Gasteiger partial charge in [0.2, 0.25) is 0 Å². The maximum absolute atomic E-state index is 13.6. The number of nitrogens with zero attached hydrogens (tertiary/aromatic N) is 5. The van der Waals surface area contributed by atoms with Crippen molar-refractivity contribution in [3.63, 3.8) is 0 Å². The van der Waals surface area contributed by atoms with E-state index >= 15 is 0 Å². The van der Waals surface area contributed by atoms with E-state index in [4.69, 9.17) is 21.6 Å². The molecule has 34 heavy (non-hydrogen) atoms. The Kier molecular flexibility index (Phi) is 7.08. The second-order valence-corrected chi connectivity index (χ2v) is 8.79. The zero-order valence-corrected chi connectivity index (χ0v) is 18.5. The van der Waals surface area contributed by atoms with Gasteiger partial charge in [-0.2, -0.15) is 5.26 Å². The molecular weight excluding hydrogens is 499 g/mol. The van der Waals surface area contributed by atoms with Crippen molar-refractivity contribution in [2.45, 2.75) is 34.8 Å². The lowest BCUT2D eigenvalue weighted by Crippen LogP contribution is -2.55. The Labute approximate surface area is 199 Å². The summed E-state index contributed by atoms with van der Waals surface area (Å²) in [5, 5.41) is 48.3. The van der Waals surface area contributed by atoms with Crippen LogP contribution in [0, 0.1) is 28.8 Å². The molecule has 0 radical (unpaired) electrons. The molecule has 3 heterocycles. The van der Waals surface area contributed by atoms with Crippen molar-refractivity contribution < 1.29 is 33.2 Å². The Morgan fingerprint density at radius 1 is 1.18 bits per heavy atom. The molecule has 14 heteroatoms. The fraction of sp³-hybridized carbons (Fsp3) is 0.300. The number of benzene rings is 1. The highest BCUT2D eigenvalue weighted by Gasteiger charge is 2.46. The van der Waals surface area contributed by atoms with Gasteiger partial charge in [0.15, 0.2) is 17.5 Å². The average molecular weight is 514 g/mol. The van der Waals surface area contributed by atoms with E-state index < -0.39 is 53.8 Å². The standard InChI is InChI=1S/C20H15ClF3N5O4S/c21-10-3-15(26-5-9(10)4-25)34-20-19(32)17(18(31)14(7-30)33-20)29-6-13(27-28-29)8-1-11(22)16(24)12(23)2-8/h1-3,5-6,14,17-20,30-32H,7H2/t14?,17-,18-,19?,20+/m0/s1. The molecule has 1 aromatic carbocycles. The normalized spacial score (nSPS) is 24.7. The van der Waals surface area contributed by atoms with Gasteiger partial charge in [0.25, 0.3) is 0 Å². The van der Waals surface area contributed by atoms with Crippen molar-refractivity contribution >= 4 is 23.4 Å². The third-order valence-electron chi connectivity index (χ3n) is 5.13. The molecule has 3 aromatic rings. The van der Waals surface area contributed by atoms with E-state index in [-0.39, 0.29) is 21.8 Å². The number of halogens is 4. The molecule has 0 bridgehead atoms. The highest BCUT2D eigenvalue weighted by Crippen LogP contribution is 2.38. The minimum atomic E-state index is -1.63. The number of ether oxygens (including phenoxy) is 1. The first-order valence-corrected chi connectivity index (χ1v) is 10.9. The molecular formula is C20H15ClF3N5O4S. The van der Waals surface area contributed by atoms with E-state index in [9.17, 15) is 28.5 Å². The van der Waals surface area contributed by atoms with Gasteiger partial charge in [0.1, 0.15) is 46.6 Å². The van der Waals surface area contributed by atoms with Crippen LogP contribution in [0.15, 0.2) is 35.6 Å². The van der Waals surface area contributed by atoms with E-state index in [2.05, 4.69) is 15.3 Å². The van der Waals surface area contributed by atoms with E-state index in [1.54, 1.807) is 0 Å². The van der Waals surface area contributed by atoms with Gasteiger partial charge < -0.3 is 20.1 Å². The van der Waals surface area contributed by atoms with Gasteiger partial charge in [0.05, 0.1) is 23.4 Å². The monoisotopic (exact) mass is 513 g/mol. The maximum atomic E-state index is 13.6. The number of thioether (sulfide) groups is 1. The van der Waals surface area contributed by atoms with Crippen LogP contribution in [0.1, 0.15) is 11.6 Å². The van der Waals surface area contributed by atoms with Gasteiger partial charge >= 0.3 is 0 Å². The third-order valence-corrected chi connectivity index (χ3v) is 6.53. The van der Waals surface area contributed by atoms with Crippen LogP contribution in [-0.2, 0) is 4.74 Å². The smallest absolute Gasteiger partial charge is 0.194 e. The van der Waals surface area contributed by atoms with Gasteiger partial charge in [0, 0.05) is 11.8 Å². The Morgan fingerprint density at radius 3 is 2.50 bits per heavy atom. The first-order chi connectivity index (χ1) is 16.2. The Balaban J connectivity index is 1.63. The van der Waals surface area contributed by atoms with Crippen molar-refractivity contribution in [2.24, 2.45) is 0 Å². The average Bonchev–Trinajstić information content (AvgIpc) is 3.29. The number of hydrogen-bond acceptors (Lipinski definition) is 9. The van der Waals surface area contributed by atoms with Gasteiger partial charge in [-0.15, -0.1) is 5.10 Å². The van der Waals surface area contributed by atoms with Crippen LogP contribution in [0.5, 0.6) is 0 Å². The molecule has 1 saturated heterocycles. The molecule has 0 amide bonds. The zero-order valence-electron chi connectivity index (χ0n) is 16.9. The van der Waals surface area contributed by atoms with E-state index in [1.165, 1.54) is 18.5 Å². The van der Waals surface area contributed by atoms with Gasteiger partial charge in [-0.05, 0) is 18.2 Å². The predicted molar refractivity (Wildman–Crippen MR) is 112 cm³/mol. The molecule has 5 atom stereocenters. The molecule has 178 valence electrons. The van der Waals surface area contributed by atoms with Gasteiger partial charge in [-0.1, -0.05) is 28.6 Å². The number of pyridine rings is 1. The van der Waals surface area contributed by atoms with E-state index in [1.807, 2.05) is 6.07 Å². The molecule has 2 aromatic heterocycles. The minimum absolute atomic E-state index is 0.0472. The topological polar surface area (TPSA) is 137 Å². The molecule has 4 rings (SSSR count). The molecule has 1 fully saturated rings. The van der Waals surface area contributed by atoms with Crippen LogP contribution in [0.3, 0.4) is 0 Å². The van der Waals surface area contributed by atoms with Crippen LogP contribution >= 0.6 is 23.4 Å². The SMILES string of the molecule is N#Cc1cnc(S[C@H]2OC(CO)[C@H](O)[C@H](n3cc(-c4cc(F)c(F)c(F)c4)nn3)C2O)cc1Cl. The molecule has 0 saturated carbocycles. The first-order valence-electron chi connectivity index (χ1n) is 9.65. The van der Waals surface area contributed by atoms with E-state index in [0.717, 1.165) is 28.6 Å². The fourth-order valence-corrected chi connectivity index (χ4v) is 4.71. The van der Waals surface area contributed by atoms with Crippen LogP contribution in [0.2, 0.25) is 5.02 Å².